The van der Waals surface area contributed by atoms with Crippen molar-refractivity contribution in [2.75, 3.05) is 13.7 Å². The topological polar surface area (TPSA) is 83.4 Å². The van der Waals surface area contributed by atoms with E-state index < -0.39 is 5.97 Å². The molecule has 1 fully saturated rings. The van der Waals surface area contributed by atoms with Crippen LogP contribution in [0.3, 0.4) is 0 Å². The number of piperidine rings is 1. The number of rotatable bonds is 6. The van der Waals surface area contributed by atoms with E-state index in [1.807, 2.05) is 35.3 Å². The van der Waals surface area contributed by atoms with E-state index in [1.165, 1.54) is 0 Å². The van der Waals surface area contributed by atoms with Crippen molar-refractivity contribution in [3.05, 3.63) is 83.3 Å². The van der Waals surface area contributed by atoms with Crippen molar-refractivity contribution in [3.63, 3.8) is 0 Å². The van der Waals surface area contributed by atoms with E-state index >= 15 is 0 Å². The monoisotopic (exact) mass is 444 g/mol. The van der Waals surface area contributed by atoms with Gasteiger partial charge in [0.05, 0.1) is 18.7 Å². The number of likely N-dealkylation sites (tertiary alicyclic amines) is 1. The van der Waals surface area contributed by atoms with Crippen molar-refractivity contribution >= 4 is 16.9 Å². The maximum atomic E-state index is 12.1. The molecule has 0 bridgehead atoms. The van der Waals surface area contributed by atoms with Gasteiger partial charge in [-0.15, -0.1) is 0 Å². The zero-order valence-corrected chi connectivity index (χ0v) is 18.9. The van der Waals surface area contributed by atoms with Crippen molar-refractivity contribution in [1.29, 1.82) is 0 Å². The van der Waals surface area contributed by atoms with Crippen molar-refractivity contribution in [2.24, 2.45) is 0 Å². The molecule has 0 radical (unpaired) electrons. The first kappa shape index (κ1) is 21.3. The summed E-state index contributed by atoms with van der Waals surface area (Å²) in [5.74, 6) is -0.0354. The van der Waals surface area contributed by atoms with Gasteiger partial charge >= 0.3 is 5.97 Å². The Morgan fingerprint density at radius 2 is 2.12 bits per heavy atom. The van der Waals surface area contributed by atoms with Gasteiger partial charge in [0, 0.05) is 54.2 Å². The maximum absolute atomic E-state index is 12.1. The van der Waals surface area contributed by atoms with Gasteiger partial charge in [-0.1, -0.05) is 18.2 Å². The minimum atomic E-state index is -0.896. The second-order valence-corrected chi connectivity index (χ2v) is 8.68. The summed E-state index contributed by atoms with van der Waals surface area (Å²) in [5.41, 5.74) is 4.57. The fraction of sp³-hybridized carbons (Fsp3) is 0.308. The van der Waals surface area contributed by atoms with Crippen LogP contribution in [0.15, 0.2) is 61.1 Å². The lowest BCUT2D eigenvalue weighted by molar-refractivity contribution is 0.0682. The second kappa shape index (κ2) is 8.75. The van der Waals surface area contributed by atoms with Crippen molar-refractivity contribution in [1.82, 2.24) is 19.7 Å². The summed E-state index contributed by atoms with van der Waals surface area (Å²) in [4.78, 5) is 17.8. The standard InChI is InChI=1S/C26H28N4O3/c1-17-14-24(33-2)22(20-8-11-27-25(17)20)16-29-13-9-18(30-12-5-10-28-30)15-23(29)19-6-3-4-7-21(19)26(31)32/h3-8,10-12,14,18,23,27H,9,13,15-16H2,1-2H3,(H,31,32). The number of hydrogen-bond acceptors (Lipinski definition) is 4. The number of fused-ring (bicyclic) bond motifs is 1. The second-order valence-electron chi connectivity index (χ2n) is 8.68. The van der Waals surface area contributed by atoms with E-state index in [4.69, 9.17) is 4.74 Å². The third-order valence-corrected chi connectivity index (χ3v) is 6.83. The number of carboxylic acids is 1. The van der Waals surface area contributed by atoms with Gasteiger partial charge in [-0.2, -0.15) is 5.10 Å². The number of aromatic carboxylic acids is 1. The molecule has 0 saturated carbocycles. The molecular weight excluding hydrogens is 416 g/mol. The Morgan fingerprint density at radius 1 is 1.27 bits per heavy atom. The predicted molar refractivity (Wildman–Crippen MR) is 127 cm³/mol. The average molecular weight is 445 g/mol. The molecule has 2 aromatic carbocycles. The average Bonchev–Trinajstić information content (AvgIpc) is 3.54. The number of carboxylic acid groups (broad SMARTS) is 1. The molecule has 2 unspecified atom stereocenters. The number of aromatic nitrogens is 3. The van der Waals surface area contributed by atoms with Crippen LogP contribution in [0.5, 0.6) is 5.75 Å². The summed E-state index contributed by atoms with van der Waals surface area (Å²) in [7, 11) is 1.71. The molecular formula is C26H28N4O3. The number of aryl methyl sites for hydroxylation is 1. The summed E-state index contributed by atoms with van der Waals surface area (Å²) in [5, 5.41) is 15.5. The largest absolute Gasteiger partial charge is 0.496 e. The number of ether oxygens (including phenoxy) is 1. The van der Waals surface area contributed by atoms with Crippen LogP contribution in [-0.4, -0.2) is 44.4 Å². The summed E-state index contributed by atoms with van der Waals surface area (Å²) in [6, 6.07) is 13.6. The highest BCUT2D eigenvalue weighted by Gasteiger charge is 2.33. The Balaban J connectivity index is 1.57. The summed E-state index contributed by atoms with van der Waals surface area (Å²) in [6.07, 6.45) is 7.48. The molecule has 2 aromatic heterocycles. The zero-order valence-electron chi connectivity index (χ0n) is 18.9. The number of nitrogens with one attached hydrogen (secondary N) is 1. The molecule has 170 valence electrons. The Labute approximate surface area is 192 Å². The molecule has 0 amide bonds. The van der Waals surface area contributed by atoms with Crippen molar-refractivity contribution < 1.29 is 14.6 Å². The highest BCUT2D eigenvalue weighted by Crippen LogP contribution is 2.41. The normalized spacial score (nSPS) is 19.1. The minimum Gasteiger partial charge on any atom is -0.496 e. The zero-order chi connectivity index (χ0) is 22.9. The molecule has 1 aliphatic heterocycles. The van der Waals surface area contributed by atoms with Gasteiger partial charge in [0.15, 0.2) is 0 Å². The highest BCUT2D eigenvalue weighted by atomic mass is 16.5. The molecule has 4 aromatic rings. The van der Waals surface area contributed by atoms with Crippen LogP contribution in [-0.2, 0) is 6.54 Å². The van der Waals surface area contributed by atoms with E-state index in [9.17, 15) is 9.90 Å². The van der Waals surface area contributed by atoms with Crippen LogP contribution in [0.25, 0.3) is 10.9 Å². The molecule has 7 heteroatoms. The molecule has 0 aliphatic carbocycles. The molecule has 0 spiro atoms. The van der Waals surface area contributed by atoms with Crippen LogP contribution in [0, 0.1) is 6.92 Å². The van der Waals surface area contributed by atoms with Gasteiger partial charge in [0.2, 0.25) is 0 Å². The van der Waals surface area contributed by atoms with Gasteiger partial charge in [-0.3, -0.25) is 9.58 Å². The number of nitrogens with zero attached hydrogens (tertiary/aromatic N) is 3. The SMILES string of the molecule is COc1cc(C)c2[nH]ccc2c1CN1CCC(n2cccn2)CC1c1ccccc1C(=O)O. The first-order valence-electron chi connectivity index (χ1n) is 11.3. The van der Waals surface area contributed by atoms with Crippen LogP contribution >= 0.6 is 0 Å². The minimum absolute atomic E-state index is 0.0553. The number of benzene rings is 2. The summed E-state index contributed by atoms with van der Waals surface area (Å²) in [6.45, 7) is 3.57. The van der Waals surface area contributed by atoms with Crippen LogP contribution in [0.4, 0.5) is 0 Å². The fourth-order valence-corrected chi connectivity index (χ4v) is 5.21. The van der Waals surface area contributed by atoms with Crippen molar-refractivity contribution in [3.8, 4) is 5.75 Å². The maximum Gasteiger partial charge on any atom is 0.336 e. The molecule has 2 N–H and O–H groups in total. The quantitative estimate of drug-likeness (QED) is 0.439. The number of aromatic amines is 1. The summed E-state index contributed by atoms with van der Waals surface area (Å²) < 4.78 is 7.78. The Morgan fingerprint density at radius 3 is 2.88 bits per heavy atom. The first-order chi connectivity index (χ1) is 16.1. The van der Waals surface area contributed by atoms with Gasteiger partial charge in [0.1, 0.15) is 5.75 Å². The van der Waals surface area contributed by atoms with Crippen LogP contribution in [0.1, 0.15) is 52.0 Å². The van der Waals surface area contributed by atoms with Gasteiger partial charge in [-0.25, -0.2) is 4.79 Å². The predicted octanol–water partition coefficient (Wildman–Crippen LogP) is 4.96. The number of methoxy groups -OCH3 is 1. The van der Waals surface area contributed by atoms with E-state index in [0.717, 1.165) is 52.7 Å². The molecule has 7 nitrogen and oxygen atoms in total. The molecule has 5 rings (SSSR count). The highest BCUT2D eigenvalue weighted by molar-refractivity contribution is 5.90. The lowest BCUT2D eigenvalue weighted by Gasteiger charge is -2.40. The van der Waals surface area contributed by atoms with E-state index in [-0.39, 0.29) is 12.1 Å². The Hall–Kier alpha value is -3.58. The molecule has 2 atom stereocenters. The molecule has 33 heavy (non-hydrogen) atoms. The Bertz CT molecular complexity index is 1280. The molecule has 1 saturated heterocycles. The van der Waals surface area contributed by atoms with E-state index in [1.54, 1.807) is 25.4 Å². The van der Waals surface area contributed by atoms with Gasteiger partial charge in [0.25, 0.3) is 0 Å². The van der Waals surface area contributed by atoms with Crippen LogP contribution in [0.2, 0.25) is 0 Å². The molecule has 1 aliphatic rings. The number of hydrogen-bond donors (Lipinski definition) is 2. The fourth-order valence-electron chi connectivity index (χ4n) is 5.21. The van der Waals surface area contributed by atoms with Gasteiger partial charge < -0.3 is 14.8 Å². The third kappa shape index (κ3) is 3.89. The lowest BCUT2D eigenvalue weighted by atomic mass is 9.88. The first-order valence-corrected chi connectivity index (χ1v) is 11.3. The number of H-pyrrole nitrogens is 1. The molecule has 3 heterocycles. The summed E-state index contributed by atoms with van der Waals surface area (Å²) >= 11 is 0. The smallest absolute Gasteiger partial charge is 0.336 e. The lowest BCUT2D eigenvalue weighted by Crippen LogP contribution is -2.38. The third-order valence-electron chi connectivity index (χ3n) is 6.83. The van der Waals surface area contributed by atoms with Crippen LogP contribution < -0.4 is 4.74 Å². The van der Waals surface area contributed by atoms with Crippen molar-refractivity contribution in [2.45, 2.75) is 38.4 Å². The number of carbonyl (C=O) groups is 1. The van der Waals surface area contributed by atoms with E-state index in [0.29, 0.717) is 12.1 Å². The van der Waals surface area contributed by atoms with Gasteiger partial charge in [-0.05, 0) is 55.2 Å². The van der Waals surface area contributed by atoms with E-state index in [2.05, 4.69) is 34.0 Å². The Kier molecular flexibility index (Phi) is 5.64.